The molecule has 4 amide bonds. The molecule has 2 aliphatic rings. The van der Waals surface area contributed by atoms with Crippen LogP contribution in [-0.4, -0.2) is 96.5 Å². The van der Waals surface area contributed by atoms with E-state index in [-0.39, 0.29) is 44.2 Å². The Labute approximate surface area is 264 Å². The number of rotatable bonds is 9. The summed E-state index contributed by atoms with van der Waals surface area (Å²) in [6, 6.07) is 8.88. The minimum atomic E-state index is -5.00. The Morgan fingerprint density at radius 2 is 1.89 bits per heavy atom. The summed E-state index contributed by atoms with van der Waals surface area (Å²) in [5, 5.41) is 12.0. The van der Waals surface area contributed by atoms with E-state index in [0.717, 1.165) is 23.0 Å². The number of fused-ring (bicyclic) bond motifs is 1. The van der Waals surface area contributed by atoms with E-state index < -0.39 is 59.0 Å². The van der Waals surface area contributed by atoms with Gasteiger partial charge in [-0.15, -0.1) is 0 Å². The molecule has 0 bridgehead atoms. The highest BCUT2D eigenvalue weighted by Gasteiger charge is 2.48. The van der Waals surface area contributed by atoms with Crippen LogP contribution in [0.2, 0.25) is 0 Å². The predicted molar refractivity (Wildman–Crippen MR) is 159 cm³/mol. The Kier molecular flexibility index (Phi) is 10.2. The number of nitrogens with one attached hydrogen (secondary N) is 1. The molecule has 2 heterocycles. The molecule has 1 unspecified atom stereocenters. The minimum absolute atomic E-state index is 0.0573. The highest BCUT2D eigenvalue weighted by Crippen LogP contribution is 2.44. The Bertz CT molecular complexity index is 1460. The molecule has 2 aliphatic heterocycles. The molecule has 250 valence electrons. The maximum atomic E-state index is 14.6. The van der Waals surface area contributed by atoms with Crippen LogP contribution < -0.4 is 19.7 Å². The van der Waals surface area contributed by atoms with Gasteiger partial charge in [0.05, 0.1) is 30.0 Å². The highest BCUT2D eigenvalue weighted by atomic mass is 19.4. The third-order valence-corrected chi connectivity index (χ3v) is 7.86. The molecule has 0 radical (unpaired) electrons. The molecule has 46 heavy (non-hydrogen) atoms. The molecule has 0 saturated carbocycles. The number of alkyl halides is 3. The van der Waals surface area contributed by atoms with Crippen LogP contribution in [0.5, 0.6) is 11.5 Å². The number of para-hydroxylation sites is 1. The van der Waals surface area contributed by atoms with Gasteiger partial charge in [-0.2, -0.15) is 13.2 Å². The van der Waals surface area contributed by atoms with E-state index in [1.54, 1.807) is 44.2 Å². The Morgan fingerprint density at radius 3 is 2.50 bits per heavy atom. The van der Waals surface area contributed by atoms with Gasteiger partial charge < -0.3 is 39.3 Å². The number of nitrogens with zero attached hydrogens (tertiary/aromatic N) is 3. The monoisotopic (exact) mass is 650 g/mol. The average Bonchev–Trinajstić information content (AvgIpc) is 3.01. The lowest BCUT2D eigenvalue weighted by molar-refractivity contribution is -0.139. The van der Waals surface area contributed by atoms with Gasteiger partial charge in [-0.3, -0.25) is 9.59 Å². The Morgan fingerprint density at radius 1 is 1.20 bits per heavy atom. The van der Waals surface area contributed by atoms with Crippen LogP contribution >= 0.6 is 0 Å². The van der Waals surface area contributed by atoms with E-state index in [1.165, 1.54) is 11.8 Å². The van der Waals surface area contributed by atoms with Crippen LogP contribution in [0.25, 0.3) is 0 Å². The third-order valence-electron chi connectivity index (χ3n) is 7.86. The third kappa shape index (κ3) is 7.40. The summed E-state index contributed by atoms with van der Waals surface area (Å²) in [7, 11) is 1.15. The molecule has 2 aromatic rings. The highest BCUT2D eigenvalue weighted by molar-refractivity contribution is 6.05. The Balaban J connectivity index is 1.78. The summed E-state index contributed by atoms with van der Waals surface area (Å²) in [5.74, 6) is -1.56. The molecule has 15 heteroatoms. The SMILES string of the molecule is COC(=O)NCCN1C(=O)C(C)(COc2ccccc2)Oc2cc(C(F)(F)F)c(C(=O)N(C(C)C)[C@@H]3CCCN(C(=O)O)C3)cc21. The first-order chi connectivity index (χ1) is 21.7. The van der Waals surface area contributed by atoms with Crippen LogP contribution in [0, 0.1) is 0 Å². The molecule has 4 rings (SSSR count). The van der Waals surface area contributed by atoms with Gasteiger partial charge in [-0.25, -0.2) is 9.59 Å². The van der Waals surface area contributed by atoms with E-state index in [0.29, 0.717) is 24.7 Å². The fraction of sp³-hybridized carbons (Fsp3) is 0.484. The van der Waals surface area contributed by atoms with E-state index in [2.05, 4.69) is 10.1 Å². The van der Waals surface area contributed by atoms with Crippen molar-refractivity contribution in [1.29, 1.82) is 0 Å². The molecule has 1 fully saturated rings. The normalized spacial score (nSPS) is 19.7. The number of amides is 4. The van der Waals surface area contributed by atoms with Gasteiger partial charge in [-0.1, -0.05) is 18.2 Å². The number of ether oxygens (including phenoxy) is 3. The van der Waals surface area contributed by atoms with Crippen molar-refractivity contribution in [2.45, 2.75) is 57.5 Å². The maximum Gasteiger partial charge on any atom is 0.417 e. The number of piperidine rings is 1. The minimum Gasteiger partial charge on any atom is -0.489 e. The summed E-state index contributed by atoms with van der Waals surface area (Å²) in [5.41, 5.74) is -3.89. The molecule has 12 nitrogen and oxygen atoms in total. The van der Waals surface area contributed by atoms with E-state index in [9.17, 15) is 37.5 Å². The maximum absolute atomic E-state index is 14.6. The summed E-state index contributed by atoms with van der Waals surface area (Å²) in [6.45, 7) is 4.15. The molecule has 2 N–H and O–H groups in total. The fourth-order valence-corrected chi connectivity index (χ4v) is 5.66. The van der Waals surface area contributed by atoms with Gasteiger partial charge in [0.15, 0.2) is 0 Å². The quantitative estimate of drug-likeness (QED) is 0.401. The summed E-state index contributed by atoms with van der Waals surface area (Å²) >= 11 is 0. The van der Waals surface area contributed by atoms with Crippen molar-refractivity contribution in [3.05, 3.63) is 53.6 Å². The van der Waals surface area contributed by atoms with Crippen LogP contribution in [0.1, 0.15) is 49.5 Å². The zero-order valence-corrected chi connectivity index (χ0v) is 25.9. The van der Waals surface area contributed by atoms with Gasteiger partial charge in [0, 0.05) is 32.2 Å². The van der Waals surface area contributed by atoms with Crippen molar-refractivity contribution in [1.82, 2.24) is 15.1 Å². The van der Waals surface area contributed by atoms with E-state index >= 15 is 0 Å². The largest absolute Gasteiger partial charge is 0.489 e. The molecule has 0 spiro atoms. The predicted octanol–water partition coefficient (Wildman–Crippen LogP) is 4.62. The fourth-order valence-electron chi connectivity index (χ4n) is 5.66. The lowest BCUT2D eigenvalue weighted by Gasteiger charge is -2.42. The first kappa shape index (κ1) is 34.2. The number of carbonyl (C=O) groups is 4. The summed E-state index contributed by atoms with van der Waals surface area (Å²) < 4.78 is 60.2. The van der Waals surface area contributed by atoms with Crippen molar-refractivity contribution in [2.24, 2.45) is 0 Å². The lowest BCUT2D eigenvalue weighted by atomic mass is 9.96. The molecule has 2 atom stereocenters. The van der Waals surface area contributed by atoms with E-state index in [1.807, 2.05) is 0 Å². The molecular weight excluding hydrogens is 613 g/mol. The average molecular weight is 651 g/mol. The number of hydrogen-bond donors (Lipinski definition) is 2. The van der Waals surface area contributed by atoms with Crippen LogP contribution in [0.15, 0.2) is 42.5 Å². The lowest BCUT2D eigenvalue weighted by Crippen LogP contribution is -2.58. The number of anilines is 1. The summed E-state index contributed by atoms with van der Waals surface area (Å²) in [4.78, 5) is 54.9. The molecule has 0 aromatic heterocycles. The van der Waals surface area contributed by atoms with Gasteiger partial charge in [-0.05, 0) is 57.9 Å². The number of likely N-dealkylation sites (tertiary alicyclic amines) is 1. The van der Waals surface area contributed by atoms with E-state index in [4.69, 9.17) is 9.47 Å². The zero-order valence-electron chi connectivity index (χ0n) is 25.9. The number of methoxy groups -OCH3 is 1. The number of carbonyl (C=O) groups excluding carboxylic acids is 3. The number of halogens is 3. The first-order valence-corrected chi connectivity index (χ1v) is 14.7. The van der Waals surface area contributed by atoms with Crippen molar-refractivity contribution in [3.8, 4) is 11.5 Å². The molecule has 0 aliphatic carbocycles. The van der Waals surface area contributed by atoms with Crippen molar-refractivity contribution < 1.29 is 51.7 Å². The molecule has 1 saturated heterocycles. The number of alkyl carbamates (subject to hydrolysis) is 1. The zero-order chi connectivity index (χ0) is 33.8. The topological polar surface area (TPSA) is 138 Å². The summed E-state index contributed by atoms with van der Waals surface area (Å²) in [6.07, 6.45) is -6.14. The second-order valence-electron chi connectivity index (χ2n) is 11.5. The molecular formula is C31H37F3N4O8. The van der Waals surface area contributed by atoms with Crippen molar-refractivity contribution >= 4 is 29.7 Å². The van der Waals surface area contributed by atoms with Gasteiger partial charge in [0.2, 0.25) is 5.60 Å². The standard InChI is InChI=1S/C31H37F3N4O8/c1-19(2)38(20-9-8-13-36(17-20)29(42)43)26(39)22-15-24-25(16-23(22)31(32,33)34)46-30(3,18-45-21-10-6-5-7-11-21)27(40)37(24)14-12-35-28(41)44-4/h5-7,10-11,15-16,19-20H,8-9,12-14,17-18H2,1-4H3,(H,35,41)(H,42,43)/t20-,30?/m1/s1. The molecule has 2 aromatic carbocycles. The first-order valence-electron chi connectivity index (χ1n) is 14.7. The van der Waals surface area contributed by atoms with Crippen molar-refractivity contribution in [3.63, 3.8) is 0 Å². The van der Waals surface area contributed by atoms with Gasteiger partial charge in [0.25, 0.3) is 11.8 Å². The Hall–Kier alpha value is -4.69. The van der Waals surface area contributed by atoms with Gasteiger partial charge >= 0.3 is 18.4 Å². The van der Waals surface area contributed by atoms with Crippen LogP contribution in [-0.2, 0) is 15.7 Å². The second kappa shape index (κ2) is 13.7. The second-order valence-corrected chi connectivity index (χ2v) is 11.5. The smallest absolute Gasteiger partial charge is 0.417 e. The van der Waals surface area contributed by atoms with Gasteiger partial charge in [0.1, 0.15) is 18.1 Å². The number of benzene rings is 2. The van der Waals surface area contributed by atoms with Crippen LogP contribution in [0.4, 0.5) is 28.4 Å². The van der Waals surface area contributed by atoms with Crippen molar-refractivity contribution in [2.75, 3.05) is 44.8 Å². The van der Waals surface area contributed by atoms with Crippen LogP contribution in [0.3, 0.4) is 0 Å². The number of hydrogen-bond acceptors (Lipinski definition) is 7. The number of carboxylic acid groups (broad SMARTS) is 1.